The van der Waals surface area contributed by atoms with Gasteiger partial charge in [-0.05, 0) is 25.6 Å². The number of rotatable bonds is 3. The van der Waals surface area contributed by atoms with E-state index in [1.807, 2.05) is 6.92 Å². The number of hydrogen-bond acceptors (Lipinski definition) is 2. The molecule has 0 aromatic carbocycles. The Kier molecular flexibility index (Phi) is 3.42. The lowest BCUT2D eigenvalue weighted by Crippen LogP contribution is -2.21. The number of nitrogens with zero attached hydrogens (tertiary/aromatic N) is 1. The van der Waals surface area contributed by atoms with Crippen molar-refractivity contribution in [3.63, 3.8) is 0 Å². The van der Waals surface area contributed by atoms with Crippen molar-refractivity contribution in [3.05, 3.63) is 26.9 Å². The zero-order chi connectivity index (χ0) is 9.84. The molecule has 0 radical (unpaired) electrons. The van der Waals surface area contributed by atoms with Crippen molar-refractivity contribution in [2.45, 2.75) is 33.2 Å². The summed E-state index contributed by atoms with van der Waals surface area (Å²) in [7, 11) is 0. The molecule has 0 atom stereocenters. The first-order chi connectivity index (χ1) is 6.15. The Morgan fingerprint density at radius 3 is 2.85 bits per heavy atom. The highest BCUT2D eigenvalue weighted by atomic mass is 32.1. The smallest absolute Gasteiger partial charge is 0.254 e. The lowest BCUT2D eigenvalue weighted by Gasteiger charge is -2.04. The Morgan fingerprint density at radius 1 is 1.62 bits per heavy atom. The molecule has 0 aliphatic carbocycles. The molecule has 4 heteroatoms. The van der Waals surface area contributed by atoms with E-state index in [2.05, 4.69) is 11.9 Å². The van der Waals surface area contributed by atoms with Crippen LogP contribution in [0.5, 0.6) is 0 Å². The van der Waals surface area contributed by atoms with Crippen LogP contribution in [0, 0.1) is 11.7 Å². The molecule has 0 saturated heterocycles. The third-order valence-electron chi connectivity index (χ3n) is 1.89. The molecule has 0 amide bonds. The van der Waals surface area contributed by atoms with Gasteiger partial charge in [-0.2, -0.15) is 0 Å². The van der Waals surface area contributed by atoms with Gasteiger partial charge in [0.05, 0.1) is 0 Å². The monoisotopic (exact) mass is 198 g/mol. The second kappa shape index (κ2) is 4.37. The van der Waals surface area contributed by atoms with Crippen LogP contribution in [0.4, 0.5) is 0 Å². The van der Waals surface area contributed by atoms with Crippen LogP contribution in [0.2, 0.25) is 0 Å². The molecule has 0 aliphatic heterocycles. The molecule has 0 spiro atoms. The summed E-state index contributed by atoms with van der Waals surface area (Å²) in [5.74, 6) is 0. The van der Waals surface area contributed by atoms with Gasteiger partial charge in [-0.25, -0.2) is 0 Å². The lowest BCUT2D eigenvalue weighted by atomic mass is 10.3. The molecule has 1 rings (SSSR count). The maximum atomic E-state index is 11.4. The summed E-state index contributed by atoms with van der Waals surface area (Å²) in [5, 5.41) is 0. The molecule has 1 aromatic heterocycles. The number of aromatic amines is 1. The zero-order valence-corrected chi connectivity index (χ0v) is 8.78. The van der Waals surface area contributed by atoms with E-state index in [4.69, 9.17) is 12.2 Å². The summed E-state index contributed by atoms with van der Waals surface area (Å²) < 4.78 is 2.13. The largest absolute Gasteiger partial charge is 0.336 e. The SMILES string of the molecule is CCCCn1c(=O)cc(C)[nH]c1=S. The molecule has 0 bridgehead atoms. The summed E-state index contributed by atoms with van der Waals surface area (Å²) in [4.78, 5) is 14.4. The third-order valence-corrected chi connectivity index (χ3v) is 2.21. The Labute approximate surface area is 82.4 Å². The summed E-state index contributed by atoms with van der Waals surface area (Å²) in [6, 6.07) is 1.57. The average molecular weight is 198 g/mol. The fourth-order valence-corrected chi connectivity index (χ4v) is 1.51. The van der Waals surface area contributed by atoms with Gasteiger partial charge < -0.3 is 4.98 Å². The molecule has 0 saturated carbocycles. The number of aromatic nitrogens is 2. The van der Waals surface area contributed by atoms with Gasteiger partial charge in [0.2, 0.25) is 0 Å². The minimum atomic E-state index is -0.00491. The first kappa shape index (κ1) is 10.2. The second-order valence-electron chi connectivity index (χ2n) is 3.10. The molecule has 72 valence electrons. The Bertz CT molecular complexity index is 360. The maximum absolute atomic E-state index is 11.4. The first-order valence-electron chi connectivity index (χ1n) is 4.46. The van der Waals surface area contributed by atoms with Crippen LogP contribution >= 0.6 is 12.2 Å². The average Bonchev–Trinajstić information content (AvgIpc) is 2.02. The summed E-state index contributed by atoms with van der Waals surface area (Å²) in [6.45, 7) is 4.64. The Hall–Kier alpha value is -0.900. The molecule has 3 nitrogen and oxygen atoms in total. The fraction of sp³-hybridized carbons (Fsp3) is 0.556. The number of unbranched alkanes of at least 4 members (excludes halogenated alkanes) is 1. The Balaban J connectivity index is 3.07. The molecule has 1 N–H and O–H groups in total. The number of hydrogen-bond donors (Lipinski definition) is 1. The van der Waals surface area contributed by atoms with Crippen molar-refractivity contribution in [1.29, 1.82) is 0 Å². The molecular weight excluding hydrogens is 184 g/mol. The summed E-state index contributed by atoms with van der Waals surface area (Å²) >= 11 is 5.05. The number of nitrogens with one attached hydrogen (secondary N) is 1. The van der Waals surface area contributed by atoms with Crippen LogP contribution < -0.4 is 5.56 Å². The van der Waals surface area contributed by atoms with E-state index in [0.717, 1.165) is 18.5 Å². The van der Waals surface area contributed by atoms with Gasteiger partial charge in [-0.3, -0.25) is 9.36 Å². The third kappa shape index (κ3) is 2.52. The van der Waals surface area contributed by atoms with Crippen molar-refractivity contribution in [2.24, 2.45) is 0 Å². The van der Waals surface area contributed by atoms with Crippen LogP contribution in [0.15, 0.2) is 10.9 Å². The predicted octanol–water partition coefficient (Wildman–Crippen LogP) is 2.01. The first-order valence-corrected chi connectivity index (χ1v) is 4.86. The van der Waals surface area contributed by atoms with Crippen molar-refractivity contribution >= 4 is 12.2 Å². The van der Waals surface area contributed by atoms with E-state index in [0.29, 0.717) is 11.3 Å². The molecular formula is C9H14N2OS. The van der Waals surface area contributed by atoms with Crippen molar-refractivity contribution in [3.8, 4) is 0 Å². The van der Waals surface area contributed by atoms with Crippen LogP contribution in [0.1, 0.15) is 25.5 Å². The van der Waals surface area contributed by atoms with Crippen molar-refractivity contribution in [1.82, 2.24) is 9.55 Å². The highest BCUT2D eigenvalue weighted by Crippen LogP contribution is 1.94. The minimum Gasteiger partial charge on any atom is -0.336 e. The molecule has 0 unspecified atom stereocenters. The predicted molar refractivity (Wildman–Crippen MR) is 55.5 cm³/mol. The lowest BCUT2D eigenvalue weighted by molar-refractivity contribution is 0.593. The van der Waals surface area contributed by atoms with E-state index in [1.54, 1.807) is 10.6 Å². The van der Waals surface area contributed by atoms with Gasteiger partial charge >= 0.3 is 0 Å². The van der Waals surface area contributed by atoms with Gasteiger partial charge in [-0.1, -0.05) is 13.3 Å². The molecule has 0 fully saturated rings. The highest BCUT2D eigenvalue weighted by molar-refractivity contribution is 7.71. The van der Waals surface area contributed by atoms with E-state index in [-0.39, 0.29) is 5.56 Å². The van der Waals surface area contributed by atoms with Gasteiger partial charge in [0.1, 0.15) is 0 Å². The standard InChI is InChI=1S/C9H14N2OS/c1-3-4-5-11-8(12)6-7(2)10-9(11)13/h6H,3-5H2,1-2H3,(H,10,13). The minimum absolute atomic E-state index is 0.00491. The van der Waals surface area contributed by atoms with Gasteiger partial charge in [-0.15, -0.1) is 0 Å². The van der Waals surface area contributed by atoms with Crippen LogP contribution in [-0.2, 0) is 6.54 Å². The molecule has 1 heterocycles. The summed E-state index contributed by atoms with van der Waals surface area (Å²) in [5.41, 5.74) is 0.817. The quantitative estimate of drug-likeness (QED) is 0.754. The van der Waals surface area contributed by atoms with E-state index >= 15 is 0 Å². The van der Waals surface area contributed by atoms with Crippen LogP contribution in [-0.4, -0.2) is 9.55 Å². The van der Waals surface area contributed by atoms with E-state index in [1.165, 1.54) is 0 Å². The fourth-order valence-electron chi connectivity index (χ4n) is 1.16. The maximum Gasteiger partial charge on any atom is 0.254 e. The van der Waals surface area contributed by atoms with Crippen molar-refractivity contribution in [2.75, 3.05) is 0 Å². The molecule has 13 heavy (non-hydrogen) atoms. The van der Waals surface area contributed by atoms with Gasteiger partial charge in [0.25, 0.3) is 5.56 Å². The van der Waals surface area contributed by atoms with Gasteiger partial charge in [0, 0.05) is 18.3 Å². The summed E-state index contributed by atoms with van der Waals surface area (Å²) in [6.07, 6.45) is 2.05. The van der Waals surface area contributed by atoms with Crippen LogP contribution in [0.3, 0.4) is 0 Å². The molecule has 0 aliphatic rings. The molecule has 1 aromatic rings. The Morgan fingerprint density at radius 2 is 2.31 bits per heavy atom. The van der Waals surface area contributed by atoms with E-state index < -0.39 is 0 Å². The van der Waals surface area contributed by atoms with Crippen LogP contribution in [0.25, 0.3) is 0 Å². The van der Waals surface area contributed by atoms with E-state index in [9.17, 15) is 4.79 Å². The zero-order valence-electron chi connectivity index (χ0n) is 7.96. The van der Waals surface area contributed by atoms with Crippen molar-refractivity contribution < 1.29 is 0 Å². The highest BCUT2D eigenvalue weighted by Gasteiger charge is 1.97. The number of H-pyrrole nitrogens is 1. The second-order valence-corrected chi connectivity index (χ2v) is 3.49. The van der Waals surface area contributed by atoms with Gasteiger partial charge in [0.15, 0.2) is 4.77 Å². The number of aryl methyl sites for hydroxylation is 1. The topological polar surface area (TPSA) is 37.8 Å². The normalized spacial score (nSPS) is 10.3.